The van der Waals surface area contributed by atoms with Crippen molar-refractivity contribution < 1.29 is 22.7 Å². The predicted octanol–water partition coefficient (Wildman–Crippen LogP) is 3.17. The normalized spacial score (nSPS) is 26.4. The van der Waals surface area contributed by atoms with Gasteiger partial charge in [0.2, 0.25) is 0 Å². The van der Waals surface area contributed by atoms with Crippen molar-refractivity contribution in [2.75, 3.05) is 6.61 Å². The Morgan fingerprint density at radius 2 is 1.94 bits per heavy atom. The smallest absolute Gasteiger partial charge is 0.416 e. The zero-order valence-corrected chi connectivity index (χ0v) is 9.83. The number of fused-ring (bicyclic) bond motifs is 2. The summed E-state index contributed by atoms with van der Waals surface area (Å²) in [6.45, 7) is 1.63. The number of rotatable bonds is 2. The summed E-state index contributed by atoms with van der Waals surface area (Å²) in [5.74, 6) is -1.28. The van der Waals surface area contributed by atoms with Crippen LogP contribution in [0.1, 0.15) is 13.3 Å². The Morgan fingerprint density at radius 3 is 2.50 bits per heavy atom. The third kappa shape index (κ3) is 2.49. The minimum atomic E-state index is -4.53. The highest BCUT2D eigenvalue weighted by atomic mass is 19.4. The molecule has 0 aliphatic heterocycles. The van der Waals surface area contributed by atoms with Crippen LogP contribution in [0.5, 0.6) is 0 Å². The molecule has 18 heavy (non-hydrogen) atoms. The number of allylic oxidation sites excluding steroid dienone is 4. The van der Waals surface area contributed by atoms with Crippen molar-refractivity contribution in [3.05, 3.63) is 35.5 Å². The molecule has 0 saturated carbocycles. The summed E-state index contributed by atoms with van der Waals surface area (Å²) >= 11 is 0. The van der Waals surface area contributed by atoms with Gasteiger partial charge in [0.15, 0.2) is 0 Å². The van der Waals surface area contributed by atoms with Crippen molar-refractivity contribution in [1.29, 1.82) is 0 Å². The van der Waals surface area contributed by atoms with Gasteiger partial charge in [0.1, 0.15) is 0 Å². The minimum absolute atomic E-state index is 0.0608. The molecule has 0 aromatic heterocycles. The second-order valence-electron chi connectivity index (χ2n) is 4.33. The van der Waals surface area contributed by atoms with Gasteiger partial charge in [-0.15, -0.1) is 0 Å². The highest BCUT2D eigenvalue weighted by Crippen LogP contribution is 2.40. The average molecular weight is 258 g/mol. The Kier molecular flexibility index (Phi) is 3.32. The van der Waals surface area contributed by atoms with Gasteiger partial charge in [-0.05, 0) is 25.2 Å². The maximum absolute atomic E-state index is 13.0. The van der Waals surface area contributed by atoms with E-state index in [1.54, 1.807) is 13.0 Å². The lowest BCUT2D eigenvalue weighted by atomic mass is 10.0. The molecule has 0 fully saturated rings. The molecule has 0 aromatic carbocycles. The summed E-state index contributed by atoms with van der Waals surface area (Å²) < 4.78 is 43.6. The molecule has 98 valence electrons. The number of ether oxygens (including phenoxy) is 1. The van der Waals surface area contributed by atoms with Gasteiger partial charge >= 0.3 is 12.1 Å². The van der Waals surface area contributed by atoms with E-state index in [0.29, 0.717) is 6.42 Å². The SMILES string of the molecule is CCOC(=O)C1=CC2C=CC(C=C1C(F)(F)F)C2. The summed E-state index contributed by atoms with van der Waals surface area (Å²) in [6.07, 6.45) is 2.11. The van der Waals surface area contributed by atoms with E-state index < -0.39 is 17.7 Å². The molecule has 0 amide bonds. The lowest BCUT2D eigenvalue weighted by Gasteiger charge is -2.15. The molecule has 2 nitrogen and oxygen atoms in total. The molecule has 2 aliphatic rings. The number of esters is 1. The molecule has 0 radical (unpaired) electrons. The Hall–Kier alpha value is -1.52. The molecule has 5 heteroatoms. The van der Waals surface area contributed by atoms with Crippen molar-refractivity contribution >= 4 is 5.97 Å². The summed E-state index contributed by atoms with van der Waals surface area (Å²) in [4.78, 5) is 11.6. The molecule has 0 aromatic rings. The van der Waals surface area contributed by atoms with Crippen LogP contribution in [0.3, 0.4) is 0 Å². The van der Waals surface area contributed by atoms with E-state index in [1.807, 2.05) is 6.08 Å². The van der Waals surface area contributed by atoms with Crippen LogP contribution >= 0.6 is 0 Å². The zero-order chi connectivity index (χ0) is 13.3. The van der Waals surface area contributed by atoms with E-state index in [2.05, 4.69) is 0 Å². The average Bonchev–Trinajstić information content (AvgIpc) is 2.57. The monoisotopic (exact) mass is 258 g/mol. The third-order valence-electron chi connectivity index (χ3n) is 3.00. The van der Waals surface area contributed by atoms with E-state index in [9.17, 15) is 18.0 Å². The zero-order valence-electron chi connectivity index (χ0n) is 9.83. The first kappa shape index (κ1) is 12.9. The lowest BCUT2D eigenvalue weighted by Crippen LogP contribution is -2.21. The van der Waals surface area contributed by atoms with Crippen molar-refractivity contribution in [3.8, 4) is 0 Å². The van der Waals surface area contributed by atoms with Gasteiger partial charge in [-0.25, -0.2) is 4.79 Å². The summed E-state index contributed by atoms with van der Waals surface area (Å²) in [6, 6.07) is 0. The van der Waals surface area contributed by atoms with Crippen molar-refractivity contribution in [2.24, 2.45) is 11.8 Å². The first-order valence-corrected chi connectivity index (χ1v) is 5.78. The number of halogens is 3. The third-order valence-corrected chi connectivity index (χ3v) is 3.00. The quantitative estimate of drug-likeness (QED) is 0.561. The molecule has 0 heterocycles. The largest absolute Gasteiger partial charge is 0.462 e. The maximum Gasteiger partial charge on any atom is 0.416 e. The van der Waals surface area contributed by atoms with Crippen LogP contribution in [-0.2, 0) is 9.53 Å². The number of hydrogen-bond donors (Lipinski definition) is 0. The van der Waals surface area contributed by atoms with Crippen LogP contribution < -0.4 is 0 Å². The molecular weight excluding hydrogens is 245 g/mol. The Morgan fingerprint density at radius 1 is 1.33 bits per heavy atom. The van der Waals surface area contributed by atoms with Crippen LogP contribution in [-0.4, -0.2) is 18.8 Å². The fourth-order valence-corrected chi connectivity index (χ4v) is 2.25. The topological polar surface area (TPSA) is 26.3 Å². The van der Waals surface area contributed by atoms with Crippen LogP contribution in [0.25, 0.3) is 0 Å². The lowest BCUT2D eigenvalue weighted by molar-refractivity contribution is -0.140. The predicted molar refractivity (Wildman–Crippen MR) is 59.6 cm³/mol. The molecule has 0 N–H and O–H groups in total. The maximum atomic E-state index is 13.0. The summed E-state index contributed by atoms with van der Waals surface area (Å²) in [5, 5.41) is 0. The van der Waals surface area contributed by atoms with Crippen LogP contribution in [0, 0.1) is 11.8 Å². The van der Waals surface area contributed by atoms with Crippen LogP contribution in [0.15, 0.2) is 35.5 Å². The van der Waals surface area contributed by atoms with Gasteiger partial charge < -0.3 is 4.74 Å². The fraction of sp³-hybridized carbons (Fsp3) is 0.462. The molecule has 2 unspecified atom stereocenters. The van der Waals surface area contributed by atoms with E-state index in [4.69, 9.17) is 4.74 Å². The molecule has 2 rings (SSSR count). The Labute approximate surface area is 103 Å². The summed E-state index contributed by atoms with van der Waals surface area (Å²) in [5.41, 5.74) is -1.24. The molecule has 2 atom stereocenters. The van der Waals surface area contributed by atoms with Gasteiger partial charge in [-0.1, -0.05) is 24.3 Å². The van der Waals surface area contributed by atoms with Gasteiger partial charge in [-0.2, -0.15) is 13.2 Å². The van der Waals surface area contributed by atoms with Gasteiger partial charge in [-0.3, -0.25) is 0 Å². The molecule has 0 spiro atoms. The molecule has 2 bridgehead atoms. The molecule has 2 aliphatic carbocycles. The van der Waals surface area contributed by atoms with E-state index in [1.165, 1.54) is 6.08 Å². The number of carbonyl (C=O) groups excluding carboxylic acids is 1. The highest BCUT2D eigenvalue weighted by Gasteiger charge is 2.41. The molecule has 0 saturated heterocycles. The van der Waals surface area contributed by atoms with E-state index in [-0.39, 0.29) is 24.0 Å². The first-order valence-electron chi connectivity index (χ1n) is 5.78. The first-order chi connectivity index (χ1) is 8.41. The molecular formula is C13H13F3O2. The van der Waals surface area contributed by atoms with Gasteiger partial charge in [0.05, 0.1) is 17.8 Å². The highest BCUT2D eigenvalue weighted by molar-refractivity contribution is 5.94. The van der Waals surface area contributed by atoms with Crippen LogP contribution in [0.4, 0.5) is 13.2 Å². The standard InChI is InChI=1S/C13H13F3O2/c1-2-18-12(17)10-6-8-3-4-9(5-8)7-11(10)13(14,15)16/h3-4,6-9H,2,5H2,1H3. The van der Waals surface area contributed by atoms with Crippen LogP contribution in [0.2, 0.25) is 0 Å². The van der Waals surface area contributed by atoms with Crippen molar-refractivity contribution in [1.82, 2.24) is 0 Å². The number of carbonyl (C=O) groups is 1. The Bertz CT molecular complexity index is 444. The van der Waals surface area contributed by atoms with E-state index >= 15 is 0 Å². The second kappa shape index (κ2) is 4.63. The van der Waals surface area contributed by atoms with Crippen molar-refractivity contribution in [2.45, 2.75) is 19.5 Å². The fourth-order valence-electron chi connectivity index (χ4n) is 2.25. The second-order valence-corrected chi connectivity index (χ2v) is 4.33. The van der Waals surface area contributed by atoms with Gasteiger partial charge in [0, 0.05) is 0 Å². The van der Waals surface area contributed by atoms with Crippen molar-refractivity contribution in [3.63, 3.8) is 0 Å². The van der Waals surface area contributed by atoms with E-state index in [0.717, 1.165) is 6.08 Å². The minimum Gasteiger partial charge on any atom is -0.462 e. The Balaban J connectivity index is 2.41. The van der Waals surface area contributed by atoms with Gasteiger partial charge in [0.25, 0.3) is 0 Å². The number of hydrogen-bond acceptors (Lipinski definition) is 2. The number of alkyl halides is 3. The summed E-state index contributed by atoms with van der Waals surface area (Å²) in [7, 11) is 0.